The fraction of sp³-hybridized carbons (Fsp3) is 0.250. The Morgan fingerprint density at radius 1 is 1.04 bits per heavy atom. The summed E-state index contributed by atoms with van der Waals surface area (Å²) in [6.07, 6.45) is 1.81. The van der Waals surface area contributed by atoms with Crippen LogP contribution in [0.4, 0.5) is 0 Å². The first kappa shape index (κ1) is 15.5. The van der Waals surface area contributed by atoms with Gasteiger partial charge >= 0.3 is 0 Å². The van der Waals surface area contributed by atoms with Gasteiger partial charge in [-0.3, -0.25) is 0 Å². The SMILES string of the molecule is CN(C)CCOC1c2ccccc2C=C(C#N)c2ccccc21. The van der Waals surface area contributed by atoms with E-state index in [4.69, 9.17) is 4.74 Å². The molecule has 1 atom stereocenters. The minimum Gasteiger partial charge on any atom is -0.367 e. The summed E-state index contributed by atoms with van der Waals surface area (Å²) >= 11 is 0. The summed E-state index contributed by atoms with van der Waals surface area (Å²) in [7, 11) is 4.07. The van der Waals surface area contributed by atoms with Crippen LogP contribution in [0.5, 0.6) is 0 Å². The van der Waals surface area contributed by atoms with E-state index in [0.717, 1.165) is 28.8 Å². The third kappa shape index (κ3) is 3.19. The van der Waals surface area contributed by atoms with Crippen molar-refractivity contribution in [1.82, 2.24) is 4.90 Å². The van der Waals surface area contributed by atoms with Gasteiger partial charge in [-0.2, -0.15) is 5.26 Å². The average Bonchev–Trinajstić information content (AvgIpc) is 2.70. The fourth-order valence-corrected chi connectivity index (χ4v) is 2.88. The fourth-order valence-electron chi connectivity index (χ4n) is 2.88. The minimum absolute atomic E-state index is 0.149. The highest BCUT2D eigenvalue weighted by atomic mass is 16.5. The first-order valence-electron chi connectivity index (χ1n) is 7.77. The molecular formula is C20H20N2O. The summed E-state index contributed by atoms with van der Waals surface area (Å²) in [5.74, 6) is 0. The Hall–Kier alpha value is -2.41. The first-order valence-corrected chi connectivity index (χ1v) is 7.77. The van der Waals surface area contributed by atoms with Crippen LogP contribution in [0.2, 0.25) is 0 Å². The van der Waals surface area contributed by atoms with Crippen molar-refractivity contribution in [3.05, 3.63) is 70.8 Å². The number of ether oxygens (including phenoxy) is 1. The van der Waals surface area contributed by atoms with Gasteiger partial charge in [-0.05, 0) is 42.4 Å². The second-order valence-corrected chi connectivity index (χ2v) is 5.94. The molecule has 0 amide bonds. The molecule has 1 aliphatic rings. The van der Waals surface area contributed by atoms with Gasteiger partial charge in [0, 0.05) is 6.54 Å². The van der Waals surface area contributed by atoms with Crippen molar-refractivity contribution in [3.8, 4) is 6.07 Å². The van der Waals surface area contributed by atoms with Crippen molar-refractivity contribution >= 4 is 11.6 Å². The predicted octanol–water partition coefficient (Wildman–Crippen LogP) is 3.73. The number of nitriles is 1. The zero-order chi connectivity index (χ0) is 16.2. The molecule has 1 aliphatic carbocycles. The number of rotatable bonds is 4. The highest BCUT2D eigenvalue weighted by molar-refractivity contribution is 5.92. The second-order valence-electron chi connectivity index (χ2n) is 5.94. The van der Waals surface area contributed by atoms with Crippen LogP contribution in [0.15, 0.2) is 48.5 Å². The Balaban J connectivity index is 2.08. The van der Waals surface area contributed by atoms with Gasteiger partial charge in [0.25, 0.3) is 0 Å². The maximum absolute atomic E-state index is 9.56. The van der Waals surface area contributed by atoms with Crippen LogP contribution in [0.1, 0.15) is 28.4 Å². The predicted molar refractivity (Wildman–Crippen MR) is 92.7 cm³/mol. The molecule has 0 bridgehead atoms. The number of hydrogen-bond acceptors (Lipinski definition) is 3. The molecule has 0 N–H and O–H groups in total. The van der Waals surface area contributed by atoms with Crippen LogP contribution in [-0.2, 0) is 4.74 Å². The molecule has 0 aromatic heterocycles. The maximum Gasteiger partial charge on any atom is 0.109 e. The molecule has 2 aromatic rings. The van der Waals surface area contributed by atoms with Crippen LogP contribution in [0.25, 0.3) is 11.6 Å². The third-order valence-electron chi connectivity index (χ3n) is 4.06. The molecule has 0 aliphatic heterocycles. The van der Waals surface area contributed by atoms with E-state index in [2.05, 4.69) is 23.1 Å². The summed E-state index contributed by atoms with van der Waals surface area (Å²) < 4.78 is 6.24. The number of benzene rings is 2. The molecule has 0 spiro atoms. The Morgan fingerprint density at radius 3 is 2.48 bits per heavy atom. The first-order chi connectivity index (χ1) is 11.2. The van der Waals surface area contributed by atoms with E-state index in [-0.39, 0.29) is 6.10 Å². The lowest BCUT2D eigenvalue weighted by atomic mass is 9.95. The van der Waals surface area contributed by atoms with Gasteiger partial charge in [0.15, 0.2) is 0 Å². The molecule has 3 nitrogen and oxygen atoms in total. The molecule has 3 rings (SSSR count). The summed E-state index contributed by atoms with van der Waals surface area (Å²) in [6, 6.07) is 18.5. The van der Waals surface area contributed by atoms with Gasteiger partial charge < -0.3 is 9.64 Å². The number of nitrogens with zero attached hydrogens (tertiary/aromatic N) is 2. The van der Waals surface area contributed by atoms with Gasteiger partial charge in [-0.25, -0.2) is 0 Å². The van der Waals surface area contributed by atoms with Crippen molar-refractivity contribution < 1.29 is 4.74 Å². The van der Waals surface area contributed by atoms with E-state index in [1.165, 1.54) is 0 Å². The smallest absolute Gasteiger partial charge is 0.109 e. The van der Waals surface area contributed by atoms with Gasteiger partial charge in [-0.15, -0.1) is 0 Å². The highest BCUT2D eigenvalue weighted by Gasteiger charge is 2.24. The lowest BCUT2D eigenvalue weighted by Crippen LogP contribution is -2.20. The number of fused-ring (bicyclic) bond motifs is 2. The van der Waals surface area contributed by atoms with Crippen molar-refractivity contribution in [2.24, 2.45) is 0 Å². The second kappa shape index (κ2) is 6.78. The van der Waals surface area contributed by atoms with E-state index >= 15 is 0 Å². The maximum atomic E-state index is 9.56. The largest absolute Gasteiger partial charge is 0.367 e. The standard InChI is InChI=1S/C20H20N2O/c1-22(2)11-12-23-20-18-9-4-3-7-15(18)13-16(14-21)17-8-5-6-10-19(17)20/h3-10,13,20H,11-12H2,1-2H3. The van der Waals surface area contributed by atoms with Crippen molar-refractivity contribution in [3.63, 3.8) is 0 Å². The molecule has 0 heterocycles. The Kier molecular flexibility index (Phi) is 4.57. The van der Waals surface area contributed by atoms with Crippen LogP contribution < -0.4 is 0 Å². The quantitative estimate of drug-likeness (QED) is 0.863. The molecule has 0 fully saturated rings. The van der Waals surface area contributed by atoms with Crippen LogP contribution in [0.3, 0.4) is 0 Å². The molecular weight excluding hydrogens is 284 g/mol. The monoisotopic (exact) mass is 304 g/mol. The highest BCUT2D eigenvalue weighted by Crippen LogP contribution is 2.38. The Morgan fingerprint density at radius 2 is 1.74 bits per heavy atom. The number of likely N-dealkylation sites (N-methyl/N-ethyl adjacent to an activating group) is 1. The lowest BCUT2D eigenvalue weighted by molar-refractivity contribution is 0.0686. The molecule has 2 aromatic carbocycles. The van der Waals surface area contributed by atoms with Crippen molar-refractivity contribution in [2.45, 2.75) is 6.10 Å². The molecule has 0 radical (unpaired) electrons. The normalized spacial score (nSPS) is 16.1. The Labute approximate surface area is 137 Å². The summed E-state index contributed by atoms with van der Waals surface area (Å²) in [5.41, 5.74) is 4.87. The van der Waals surface area contributed by atoms with Crippen molar-refractivity contribution in [1.29, 1.82) is 5.26 Å². The van der Waals surface area contributed by atoms with E-state index in [0.29, 0.717) is 12.2 Å². The Bertz CT molecular complexity index is 771. The van der Waals surface area contributed by atoms with Crippen LogP contribution in [0, 0.1) is 11.3 Å². The van der Waals surface area contributed by atoms with Gasteiger partial charge in [-0.1, -0.05) is 48.5 Å². The van der Waals surface area contributed by atoms with Gasteiger partial charge in [0.05, 0.1) is 18.2 Å². The zero-order valence-electron chi connectivity index (χ0n) is 13.5. The van der Waals surface area contributed by atoms with E-state index < -0.39 is 0 Å². The number of allylic oxidation sites excluding steroid dienone is 1. The molecule has 0 saturated heterocycles. The number of hydrogen-bond donors (Lipinski definition) is 0. The van der Waals surface area contributed by atoms with E-state index in [1.54, 1.807) is 0 Å². The zero-order valence-corrected chi connectivity index (χ0v) is 13.5. The molecule has 1 unspecified atom stereocenters. The third-order valence-corrected chi connectivity index (χ3v) is 4.06. The van der Waals surface area contributed by atoms with Gasteiger partial charge in [0.1, 0.15) is 6.10 Å². The minimum atomic E-state index is -0.149. The summed E-state index contributed by atoms with van der Waals surface area (Å²) in [6.45, 7) is 1.50. The summed E-state index contributed by atoms with van der Waals surface area (Å²) in [4.78, 5) is 2.10. The molecule has 116 valence electrons. The van der Waals surface area contributed by atoms with Crippen LogP contribution >= 0.6 is 0 Å². The van der Waals surface area contributed by atoms with Gasteiger partial charge in [0.2, 0.25) is 0 Å². The topological polar surface area (TPSA) is 36.3 Å². The molecule has 3 heteroatoms. The van der Waals surface area contributed by atoms with Crippen molar-refractivity contribution in [2.75, 3.05) is 27.2 Å². The van der Waals surface area contributed by atoms with E-state index in [9.17, 15) is 5.26 Å². The molecule has 0 saturated carbocycles. The average molecular weight is 304 g/mol. The van der Waals surface area contributed by atoms with E-state index in [1.807, 2.05) is 56.6 Å². The molecule has 23 heavy (non-hydrogen) atoms. The summed E-state index contributed by atoms with van der Waals surface area (Å²) in [5, 5.41) is 9.56. The lowest BCUT2D eigenvalue weighted by Gasteiger charge is -2.22. The van der Waals surface area contributed by atoms with Crippen LogP contribution in [-0.4, -0.2) is 32.1 Å².